The molecule has 3 rings (SSSR count). The minimum absolute atomic E-state index is 0.0163. The third-order valence-corrected chi connectivity index (χ3v) is 5.52. The zero-order valence-corrected chi connectivity index (χ0v) is 14.8. The first kappa shape index (κ1) is 18.3. The molecule has 0 radical (unpaired) electrons. The van der Waals surface area contributed by atoms with Gasteiger partial charge in [-0.25, -0.2) is 4.98 Å². The highest BCUT2D eigenvalue weighted by atomic mass is 35.5. The summed E-state index contributed by atoms with van der Waals surface area (Å²) >= 11 is 6.01. The molecular weight excluding hydrogens is 355 g/mol. The Balaban J connectivity index is 1.65. The van der Waals surface area contributed by atoms with Crippen molar-refractivity contribution in [2.75, 3.05) is 31.1 Å². The number of aromatic nitrogens is 1. The van der Waals surface area contributed by atoms with Crippen molar-refractivity contribution < 1.29 is 18.0 Å². The second-order valence-electron chi connectivity index (χ2n) is 7.07. The van der Waals surface area contributed by atoms with E-state index in [0.717, 1.165) is 37.9 Å². The second kappa shape index (κ2) is 6.67. The molecule has 1 saturated carbocycles. The van der Waals surface area contributed by atoms with Crippen LogP contribution in [0, 0.1) is 5.41 Å². The molecule has 0 atom stereocenters. The van der Waals surface area contributed by atoms with Crippen molar-refractivity contribution in [2.24, 2.45) is 5.41 Å². The Morgan fingerprint density at radius 2 is 1.80 bits per heavy atom. The average molecular weight is 376 g/mol. The van der Waals surface area contributed by atoms with Crippen LogP contribution in [-0.4, -0.2) is 42.0 Å². The first-order valence-electron chi connectivity index (χ1n) is 8.48. The summed E-state index contributed by atoms with van der Waals surface area (Å²) in [4.78, 5) is 20.3. The van der Waals surface area contributed by atoms with Gasteiger partial charge >= 0.3 is 6.18 Å². The number of pyridine rings is 1. The number of hydrogen-bond donors (Lipinski definition) is 0. The van der Waals surface area contributed by atoms with Gasteiger partial charge in [0.05, 0.1) is 10.6 Å². The van der Waals surface area contributed by atoms with Crippen molar-refractivity contribution in [1.82, 2.24) is 9.88 Å². The Hall–Kier alpha value is -1.50. The highest BCUT2D eigenvalue weighted by Crippen LogP contribution is 2.39. The van der Waals surface area contributed by atoms with Crippen LogP contribution in [0.4, 0.5) is 19.0 Å². The monoisotopic (exact) mass is 375 g/mol. The molecule has 8 heteroatoms. The third-order valence-electron chi connectivity index (χ3n) is 5.24. The van der Waals surface area contributed by atoms with E-state index in [4.69, 9.17) is 11.6 Å². The van der Waals surface area contributed by atoms with Gasteiger partial charge in [-0.3, -0.25) is 4.79 Å². The van der Waals surface area contributed by atoms with Gasteiger partial charge in [0.15, 0.2) is 0 Å². The molecule has 1 aliphatic carbocycles. The van der Waals surface area contributed by atoms with Crippen molar-refractivity contribution in [2.45, 2.75) is 38.8 Å². The van der Waals surface area contributed by atoms with Gasteiger partial charge in [0, 0.05) is 37.8 Å². The summed E-state index contributed by atoms with van der Waals surface area (Å²) < 4.78 is 38.1. The van der Waals surface area contributed by atoms with Crippen LogP contribution < -0.4 is 4.90 Å². The van der Waals surface area contributed by atoms with Crippen molar-refractivity contribution >= 4 is 23.3 Å². The van der Waals surface area contributed by atoms with E-state index < -0.39 is 11.7 Å². The minimum Gasteiger partial charge on any atom is -0.352 e. The molecule has 1 aromatic heterocycles. The predicted octanol–water partition coefficient (Wildman–Crippen LogP) is 3.98. The Bertz CT molecular complexity index is 651. The van der Waals surface area contributed by atoms with E-state index in [-0.39, 0.29) is 16.3 Å². The molecule has 2 fully saturated rings. The van der Waals surface area contributed by atoms with Crippen LogP contribution >= 0.6 is 11.6 Å². The molecule has 0 spiro atoms. The number of nitrogens with zero attached hydrogens (tertiary/aromatic N) is 3. The summed E-state index contributed by atoms with van der Waals surface area (Å²) in [6, 6.07) is 0.904. The largest absolute Gasteiger partial charge is 0.417 e. The van der Waals surface area contributed by atoms with Crippen molar-refractivity contribution in [1.29, 1.82) is 0 Å². The van der Waals surface area contributed by atoms with Crippen LogP contribution in [0.3, 0.4) is 0 Å². The number of amides is 1. The number of piperazine rings is 1. The normalized spacial score (nSPS) is 20.8. The van der Waals surface area contributed by atoms with Crippen molar-refractivity contribution in [3.8, 4) is 0 Å². The SMILES string of the molecule is CC1(C(=O)N2CCN(c3ncc(C(F)(F)F)cc3Cl)CC2)CCCC1. The average Bonchev–Trinajstić information content (AvgIpc) is 3.01. The minimum atomic E-state index is -4.46. The topological polar surface area (TPSA) is 36.4 Å². The number of carbonyl (C=O) groups is 1. The molecule has 1 aliphatic heterocycles. The first-order chi connectivity index (χ1) is 11.7. The number of hydrogen-bond acceptors (Lipinski definition) is 3. The lowest BCUT2D eigenvalue weighted by atomic mass is 9.87. The standard InChI is InChI=1S/C17H21ClF3N3O/c1-16(4-2-3-5-16)15(25)24-8-6-23(7-9-24)14-13(18)10-12(11-22-14)17(19,20)21/h10-11H,2-9H2,1H3. The summed E-state index contributed by atoms with van der Waals surface area (Å²) in [6.07, 6.45) is 0.382. The van der Waals surface area contributed by atoms with Gasteiger partial charge in [0.2, 0.25) is 5.91 Å². The zero-order valence-electron chi connectivity index (χ0n) is 14.1. The Morgan fingerprint density at radius 3 is 2.32 bits per heavy atom. The number of anilines is 1. The van der Waals surface area contributed by atoms with Gasteiger partial charge in [-0.05, 0) is 18.9 Å². The maximum absolute atomic E-state index is 12.7. The van der Waals surface area contributed by atoms with E-state index in [1.807, 2.05) is 16.7 Å². The Morgan fingerprint density at radius 1 is 1.20 bits per heavy atom. The number of alkyl halides is 3. The fraction of sp³-hybridized carbons (Fsp3) is 0.647. The summed E-state index contributed by atoms with van der Waals surface area (Å²) in [5, 5.41) is -0.0163. The lowest BCUT2D eigenvalue weighted by Crippen LogP contribution is -2.52. The van der Waals surface area contributed by atoms with Crippen LogP contribution in [0.1, 0.15) is 38.2 Å². The molecule has 138 valence electrons. The van der Waals surface area contributed by atoms with E-state index in [9.17, 15) is 18.0 Å². The fourth-order valence-corrected chi connectivity index (χ4v) is 3.98. The summed E-state index contributed by atoms with van der Waals surface area (Å²) in [5.41, 5.74) is -1.11. The van der Waals surface area contributed by atoms with E-state index in [2.05, 4.69) is 4.98 Å². The molecule has 2 heterocycles. The van der Waals surface area contributed by atoms with Gasteiger partial charge in [-0.1, -0.05) is 31.4 Å². The Kier molecular flexibility index (Phi) is 4.88. The lowest BCUT2D eigenvalue weighted by Gasteiger charge is -2.39. The van der Waals surface area contributed by atoms with Crippen molar-refractivity contribution in [3.63, 3.8) is 0 Å². The van der Waals surface area contributed by atoms with Crippen LogP contribution in [0.2, 0.25) is 5.02 Å². The van der Waals surface area contributed by atoms with Crippen LogP contribution in [-0.2, 0) is 11.0 Å². The third kappa shape index (κ3) is 3.71. The predicted molar refractivity (Wildman–Crippen MR) is 89.6 cm³/mol. The number of carbonyl (C=O) groups excluding carboxylic acids is 1. The van der Waals surface area contributed by atoms with Gasteiger partial charge in [-0.15, -0.1) is 0 Å². The van der Waals surface area contributed by atoms with Crippen molar-refractivity contribution in [3.05, 3.63) is 22.8 Å². The van der Waals surface area contributed by atoms with Crippen LogP contribution in [0.25, 0.3) is 0 Å². The molecule has 0 aromatic carbocycles. The highest BCUT2D eigenvalue weighted by Gasteiger charge is 2.40. The molecule has 0 N–H and O–H groups in total. The lowest BCUT2D eigenvalue weighted by molar-refractivity contribution is -0.141. The van der Waals surface area contributed by atoms with E-state index in [1.165, 1.54) is 0 Å². The smallest absolute Gasteiger partial charge is 0.352 e. The molecule has 1 aromatic rings. The zero-order chi connectivity index (χ0) is 18.2. The van der Waals surface area contributed by atoms with E-state index in [0.29, 0.717) is 32.0 Å². The second-order valence-corrected chi connectivity index (χ2v) is 7.48. The van der Waals surface area contributed by atoms with E-state index in [1.54, 1.807) is 0 Å². The number of rotatable bonds is 2. The maximum Gasteiger partial charge on any atom is 0.417 e. The maximum atomic E-state index is 12.7. The molecule has 0 unspecified atom stereocenters. The van der Waals surface area contributed by atoms with Gasteiger partial charge in [0.25, 0.3) is 0 Å². The molecule has 4 nitrogen and oxygen atoms in total. The quantitative estimate of drug-likeness (QED) is 0.784. The molecule has 1 amide bonds. The van der Waals surface area contributed by atoms with Gasteiger partial charge in [-0.2, -0.15) is 13.2 Å². The summed E-state index contributed by atoms with van der Waals surface area (Å²) in [7, 11) is 0. The highest BCUT2D eigenvalue weighted by molar-refractivity contribution is 6.33. The van der Waals surface area contributed by atoms with Crippen LogP contribution in [0.15, 0.2) is 12.3 Å². The molecule has 25 heavy (non-hydrogen) atoms. The summed E-state index contributed by atoms with van der Waals surface area (Å²) in [6.45, 7) is 4.13. The number of halogens is 4. The Labute approximate surface area is 149 Å². The fourth-order valence-electron chi connectivity index (χ4n) is 3.69. The molecule has 2 aliphatic rings. The van der Waals surface area contributed by atoms with Gasteiger partial charge < -0.3 is 9.80 Å². The molecule has 0 bridgehead atoms. The summed E-state index contributed by atoms with van der Waals surface area (Å²) in [5.74, 6) is 0.532. The first-order valence-corrected chi connectivity index (χ1v) is 8.86. The molecular formula is C17H21ClF3N3O. The van der Waals surface area contributed by atoms with E-state index >= 15 is 0 Å². The molecule has 1 saturated heterocycles. The van der Waals surface area contributed by atoms with Gasteiger partial charge in [0.1, 0.15) is 5.82 Å². The van der Waals surface area contributed by atoms with Crippen LogP contribution in [0.5, 0.6) is 0 Å².